The zero-order valence-corrected chi connectivity index (χ0v) is 23.6. The highest BCUT2D eigenvalue weighted by Crippen LogP contribution is 2.43. The number of fused-ring (bicyclic) bond motifs is 2. The smallest absolute Gasteiger partial charge is 0.356 e. The predicted molar refractivity (Wildman–Crippen MR) is 167 cm³/mol. The van der Waals surface area contributed by atoms with E-state index in [4.69, 9.17) is 23.4 Å². The number of aromatic hydroxyl groups is 1. The van der Waals surface area contributed by atoms with Crippen LogP contribution in [0.15, 0.2) is 104 Å². The summed E-state index contributed by atoms with van der Waals surface area (Å²) in [6.07, 6.45) is 0. The molecule has 5 aromatic carbocycles. The van der Waals surface area contributed by atoms with Gasteiger partial charge < -0.3 is 20.5 Å². The molecular weight excluding hydrogens is 620 g/mol. The molecule has 0 aliphatic carbocycles. The Labute approximate surface area is 260 Å². The maximum absolute atomic E-state index is 12.6. The standard InChI is InChI=1S/C28H22N8O8S.CH4/c29-17-6-5-14-12-24(45(40,41)44-32)25(26(37)21(14)13-17)36-35-23-8-7-22(19-3-1-2-4-20(19)23)34-33-18-10-15(27(38)42-30)9-16(11-18)28(39)43-31;/h1-13,37H,29-32H2;1H4. The fraction of sp³-hybridized carbons (Fsp3) is 0.0345. The minimum Gasteiger partial charge on any atom is -0.505 e. The number of azo groups is 2. The van der Waals surface area contributed by atoms with E-state index >= 15 is 0 Å². The van der Waals surface area contributed by atoms with E-state index in [1.54, 1.807) is 30.3 Å². The van der Waals surface area contributed by atoms with Gasteiger partial charge in [0.15, 0.2) is 5.75 Å². The van der Waals surface area contributed by atoms with E-state index in [-0.39, 0.29) is 35.3 Å². The molecule has 0 atom stereocenters. The number of hydrogen-bond donors (Lipinski definition) is 5. The van der Waals surface area contributed by atoms with E-state index in [9.17, 15) is 23.1 Å². The second-order valence-corrected chi connectivity index (χ2v) is 10.8. The van der Waals surface area contributed by atoms with Crippen LogP contribution in [0, 0.1) is 0 Å². The van der Waals surface area contributed by atoms with Gasteiger partial charge in [0.05, 0.1) is 28.2 Å². The van der Waals surface area contributed by atoms with E-state index in [2.05, 4.69) is 34.4 Å². The quantitative estimate of drug-likeness (QED) is 0.0806. The summed E-state index contributed by atoms with van der Waals surface area (Å²) >= 11 is 0. The molecule has 17 heteroatoms. The topological polar surface area (TPSA) is 270 Å². The number of benzene rings is 5. The number of hydrogen-bond acceptors (Lipinski definition) is 16. The third-order valence-corrected chi connectivity index (χ3v) is 7.59. The minimum atomic E-state index is -4.53. The normalized spacial score (nSPS) is 11.6. The van der Waals surface area contributed by atoms with E-state index < -0.39 is 38.4 Å². The van der Waals surface area contributed by atoms with Crippen molar-refractivity contribution in [2.45, 2.75) is 12.3 Å². The summed E-state index contributed by atoms with van der Waals surface area (Å²) in [7, 11) is -4.53. The third kappa shape index (κ3) is 6.48. The first-order chi connectivity index (χ1) is 21.6. The highest BCUT2D eigenvalue weighted by atomic mass is 32.2. The van der Waals surface area contributed by atoms with Crippen LogP contribution in [-0.2, 0) is 24.1 Å². The molecule has 0 amide bonds. The Morgan fingerprint density at radius 1 is 0.696 bits per heavy atom. The summed E-state index contributed by atoms with van der Waals surface area (Å²) < 4.78 is 29.4. The molecule has 5 rings (SSSR count). The number of nitrogens with two attached hydrogens (primary N) is 4. The molecule has 0 saturated carbocycles. The summed E-state index contributed by atoms with van der Waals surface area (Å²) in [5, 5.41) is 29.3. The average molecular weight is 647 g/mol. The molecule has 16 nitrogen and oxygen atoms in total. The number of anilines is 1. The number of phenols is 1. The molecular formula is C29H26N8O8S. The van der Waals surface area contributed by atoms with Gasteiger partial charge >= 0.3 is 22.1 Å². The number of rotatable bonds is 8. The summed E-state index contributed by atoms with van der Waals surface area (Å²) in [6, 6.07) is 19.4. The highest BCUT2D eigenvalue weighted by Gasteiger charge is 2.24. The number of carbonyl (C=O) groups is 2. The van der Waals surface area contributed by atoms with Crippen molar-refractivity contribution in [2.75, 3.05) is 5.73 Å². The first-order valence-electron chi connectivity index (χ1n) is 12.6. The third-order valence-electron chi connectivity index (χ3n) is 6.49. The fourth-order valence-corrected chi connectivity index (χ4v) is 5.14. The van der Waals surface area contributed by atoms with Crippen LogP contribution in [0.3, 0.4) is 0 Å². The number of nitrogens with zero attached hydrogens (tertiary/aromatic N) is 4. The van der Waals surface area contributed by atoms with Crippen LogP contribution >= 0.6 is 0 Å². The molecule has 5 aromatic rings. The van der Waals surface area contributed by atoms with Crippen molar-refractivity contribution in [1.29, 1.82) is 0 Å². The second kappa shape index (κ2) is 13.4. The van der Waals surface area contributed by atoms with Crippen molar-refractivity contribution in [1.82, 2.24) is 0 Å². The summed E-state index contributed by atoms with van der Waals surface area (Å²) in [6.45, 7) is 0. The van der Waals surface area contributed by atoms with Gasteiger partial charge in [-0.1, -0.05) is 37.8 Å². The van der Waals surface area contributed by atoms with Crippen LogP contribution in [0.1, 0.15) is 28.1 Å². The highest BCUT2D eigenvalue weighted by molar-refractivity contribution is 7.86. The van der Waals surface area contributed by atoms with E-state index in [0.29, 0.717) is 27.5 Å². The Morgan fingerprint density at radius 2 is 1.26 bits per heavy atom. The van der Waals surface area contributed by atoms with Crippen molar-refractivity contribution >= 4 is 72.0 Å². The average Bonchev–Trinajstić information content (AvgIpc) is 3.06. The molecule has 0 unspecified atom stereocenters. The maximum Gasteiger partial charge on any atom is 0.356 e. The van der Waals surface area contributed by atoms with Gasteiger partial charge in [-0.2, -0.15) is 35.5 Å². The van der Waals surface area contributed by atoms with Gasteiger partial charge in [0.2, 0.25) is 0 Å². The van der Waals surface area contributed by atoms with Crippen molar-refractivity contribution in [2.24, 2.45) is 38.1 Å². The van der Waals surface area contributed by atoms with Crippen LogP contribution < -0.4 is 23.4 Å². The van der Waals surface area contributed by atoms with Gasteiger partial charge in [-0.05, 0) is 53.9 Å². The minimum absolute atomic E-state index is 0. The Morgan fingerprint density at radius 3 is 1.80 bits per heavy atom. The van der Waals surface area contributed by atoms with Gasteiger partial charge in [-0.15, -0.1) is 15.3 Å². The molecule has 0 bridgehead atoms. The first-order valence-corrected chi connectivity index (χ1v) is 14.0. The molecule has 9 N–H and O–H groups in total. The zero-order valence-electron chi connectivity index (χ0n) is 22.8. The maximum atomic E-state index is 12.6. The largest absolute Gasteiger partial charge is 0.505 e. The van der Waals surface area contributed by atoms with Crippen LogP contribution in [0.4, 0.5) is 28.4 Å². The number of phenolic OH excluding ortho intramolecular Hbond substituents is 1. The van der Waals surface area contributed by atoms with Crippen molar-refractivity contribution < 1.29 is 37.1 Å². The molecule has 0 heterocycles. The van der Waals surface area contributed by atoms with Crippen LogP contribution in [0.2, 0.25) is 0 Å². The van der Waals surface area contributed by atoms with Gasteiger partial charge in [0, 0.05) is 21.8 Å². The molecule has 0 radical (unpaired) electrons. The Bertz CT molecular complexity index is 2140. The molecule has 236 valence electrons. The van der Waals surface area contributed by atoms with E-state index in [0.717, 1.165) is 6.07 Å². The Kier molecular flexibility index (Phi) is 9.65. The summed E-state index contributed by atoms with van der Waals surface area (Å²) in [5.41, 5.74) is 6.25. The Balaban J connectivity index is 0.00000480. The molecule has 0 aliphatic rings. The fourth-order valence-electron chi connectivity index (χ4n) is 4.40. The second-order valence-electron chi connectivity index (χ2n) is 9.23. The lowest BCUT2D eigenvalue weighted by Crippen LogP contribution is -2.13. The van der Waals surface area contributed by atoms with E-state index in [1.807, 2.05) is 0 Å². The predicted octanol–water partition coefficient (Wildman–Crippen LogP) is 5.39. The molecule has 46 heavy (non-hydrogen) atoms. The van der Waals surface area contributed by atoms with Gasteiger partial charge in [-0.3, -0.25) is 0 Å². The summed E-state index contributed by atoms with van der Waals surface area (Å²) in [4.78, 5) is 31.9. The SMILES string of the molecule is C.NOC(=O)c1cc(N=Nc2ccc(N=Nc3c(S(=O)(=O)ON)cc4ccc(N)cc4c3O)c3ccccc23)cc(C(=O)ON)c1. The monoisotopic (exact) mass is 646 g/mol. The van der Waals surface area contributed by atoms with Gasteiger partial charge in [0.25, 0.3) is 0 Å². The lowest BCUT2D eigenvalue weighted by molar-refractivity contribution is 0.0501. The number of carbonyl (C=O) groups excluding carboxylic acids is 2. The van der Waals surface area contributed by atoms with Gasteiger partial charge in [0.1, 0.15) is 10.6 Å². The Hall–Kier alpha value is -5.85. The lowest BCUT2D eigenvalue weighted by atomic mass is 10.1. The van der Waals surface area contributed by atoms with Crippen molar-refractivity contribution in [3.8, 4) is 5.75 Å². The molecule has 0 saturated heterocycles. The molecule has 0 aliphatic heterocycles. The molecule has 0 aromatic heterocycles. The number of nitrogen functional groups attached to an aromatic ring is 1. The van der Waals surface area contributed by atoms with Gasteiger partial charge in [-0.25, -0.2) is 9.59 Å². The van der Waals surface area contributed by atoms with Crippen molar-refractivity contribution in [3.63, 3.8) is 0 Å². The van der Waals surface area contributed by atoms with Crippen LogP contribution in [0.5, 0.6) is 5.75 Å². The molecule has 0 fully saturated rings. The summed E-state index contributed by atoms with van der Waals surface area (Å²) in [5.74, 6) is 12.6. The molecule has 0 spiro atoms. The first kappa shape index (κ1) is 33.1. The zero-order chi connectivity index (χ0) is 32.3. The lowest BCUT2D eigenvalue weighted by Gasteiger charge is -2.10. The van der Waals surface area contributed by atoms with Crippen molar-refractivity contribution in [3.05, 3.63) is 90.0 Å². The van der Waals surface area contributed by atoms with Crippen LogP contribution in [-0.4, -0.2) is 25.5 Å². The van der Waals surface area contributed by atoms with Crippen LogP contribution in [0.25, 0.3) is 21.5 Å². The van der Waals surface area contributed by atoms with E-state index in [1.165, 1.54) is 42.5 Å².